The van der Waals surface area contributed by atoms with Gasteiger partial charge in [0.15, 0.2) is 11.5 Å². The Kier molecular flexibility index (Phi) is 3.78. The van der Waals surface area contributed by atoms with Gasteiger partial charge in [-0.15, -0.1) is 0 Å². The number of hydrogen-bond acceptors (Lipinski definition) is 2. The fraction of sp³-hybridized carbons (Fsp3) is 0.133. The molecule has 0 heterocycles. The zero-order valence-corrected chi connectivity index (χ0v) is 11.0. The van der Waals surface area contributed by atoms with Crippen molar-refractivity contribution >= 4 is 11.6 Å². The highest BCUT2D eigenvalue weighted by Crippen LogP contribution is 2.38. The van der Waals surface area contributed by atoms with Crippen LogP contribution in [0.2, 0.25) is 5.02 Å². The Morgan fingerprint density at radius 1 is 1.17 bits per heavy atom. The van der Waals surface area contributed by atoms with Crippen molar-refractivity contribution < 1.29 is 9.47 Å². The molecule has 0 aromatic heterocycles. The first-order chi connectivity index (χ1) is 8.67. The summed E-state index contributed by atoms with van der Waals surface area (Å²) in [6, 6.07) is 12.4. The predicted octanol–water partition coefficient (Wildman–Crippen LogP) is 4.01. The molecule has 0 unspecified atom stereocenters. The van der Waals surface area contributed by atoms with Crippen molar-refractivity contribution in [3.05, 3.63) is 53.9 Å². The lowest BCUT2D eigenvalue weighted by atomic mass is 10.0. The van der Waals surface area contributed by atoms with E-state index < -0.39 is 0 Å². The zero-order chi connectivity index (χ0) is 13.1. The highest BCUT2D eigenvalue weighted by molar-refractivity contribution is 6.31. The van der Waals surface area contributed by atoms with Gasteiger partial charge >= 0.3 is 0 Å². The average Bonchev–Trinajstić information content (AvgIpc) is 2.40. The van der Waals surface area contributed by atoms with Gasteiger partial charge in [-0.05, 0) is 42.3 Å². The fourth-order valence-electron chi connectivity index (χ4n) is 1.79. The summed E-state index contributed by atoms with van der Waals surface area (Å²) in [5, 5.41) is 0.646. The highest BCUT2D eigenvalue weighted by Gasteiger charge is 2.12. The maximum Gasteiger partial charge on any atom is 0.169 e. The van der Waals surface area contributed by atoms with Crippen LogP contribution in [0.4, 0.5) is 0 Å². The topological polar surface area (TPSA) is 18.5 Å². The second kappa shape index (κ2) is 5.32. The summed E-state index contributed by atoms with van der Waals surface area (Å²) in [5.41, 5.74) is 2.69. The first kappa shape index (κ1) is 12.8. The molecule has 92 valence electrons. The van der Waals surface area contributed by atoms with Crippen LogP contribution in [0, 0.1) is 13.0 Å². The Bertz CT molecular complexity index is 564. The predicted molar refractivity (Wildman–Crippen MR) is 73.3 cm³/mol. The first-order valence-electron chi connectivity index (χ1n) is 5.42. The largest absolute Gasteiger partial charge is 0.492 e. The van der Waals surface area contributed by atoms with Gasteiger partial charge in [-0.25, -0.2) is 0 Å². The average molecular weight is 261 g/mol. The van der Waals surface area contributed by atoms with Crippen LogP contribution >= 0.6 is 11.6 Å². The van der Waals surface area contributed by atoms with Gasteiger partial charge in [0, 0.05) is 16.7 Å². The van der Waals surface area contributed by atoms with Crippen molar-refractivity contribution in [1.82, 2.24) is 0 Å². The molecule has 0 bridgehead atoms. The quantitative estimate of drug-likeness (QED) is 0.830. The molecular weight excluding hydrogens is 248 g/mol. The monoisotopic (exact) mass is 260 g/mol. The van der Waals surface area contributed by atoms with Crippen LogP contribution in [0.15, 0.2) is 30.3 Å². The maximum atomic E-state index is 5.98. The van der Waals surface area contributed by atoms with Crippen molar-refractivity contribution in [2.75, 3.05) is 14.2 Å². The van der Waals surface area contributed by atoms with Gasteiger partial charge in [-0.3, -0.25) is 0 Å². The Morgan fingerprint density at radius 3 is 2.56 bits per heavy atom. The van der Waals surface area contributed by atoms with Crippen molar-refractivity contribution in [1.29, 1.82) is 0 Å². The van der Waals surface area contributed by atoms with Crippen LogP contribution in [-0.2, 0) is 0 Å². The first-order valence-corrected chi connectivity index (χ1v) is 5.79. The van der Waals surface area contributed by atoms with Gasteiger partial charge in [0.05, 0.1) is 14.2 Å². The number of hydrogen-bond donors (Lipinski definition) is 0. The second-order valence-electron chi connectivity index (χ2n) is 3.76. The standard InChI is InChI=1S/C15H13ClO2/c1-10-9-11(7-8-13(10)16)12-5-4-6-14(17-2)15(12)18-3/h4-5,7-9H,1H2,2-3H3. The van der Waals surface area contributed by atoms with Gasteiger partial charge in [0.2, 0.25) is 0 Å². The Hall–Kier alpha value is -1.67. The van der Waals surface area contributed by atoms with Gasteiger partial charge in [-0.1, -0.05) is 17.7 Å². The Morgan fingerprint density at radius 2 is 1.94 bits per heavy atom. The number of methoxy groups -OCH3 is 2. The number of ether oxygens (including phenoxy) is 2. The molecule has 2 aromatic rings. The molecule has 2 radical (unpaired) electrons. The van der Waals surface area contributed by atoms with Gasteiger partial charge in [0.25, 0.3) is 0 Å². The van der Waals surface area contributed by atoms with E-state index in [0.29, 0.717) is 16.5 Å². The summed E-state index contributed by atoms with van der Waals surface area (Å²) in [6.07, 6.45) is 0. The summed E-state index contributed by atoms with van der Waals surface area (Å²) in [6.45, 7) is 3.89. The molecule has 2 nitrogen and oxygen atoms in total. The lowest BCUT2D eigenvalue weighted by Gasteiger charge is -2.13. The number of rotatable bonds is 3. The van der Waals surface area contributed by atoms with E-state index in [0.717, 1.165) is 16.7 Å². The van der Waals surface area contributed by atoms with Crippen molar-refractivity contribution in [2.24, 2.45) is 0 Å². The van der Waals surface area contributed by atoms with E-state index in [-0.39, 0.29) is 0 Å². The molecule has 0 aliphatic heterocycles. The molecule has 18 heavy (non-hydrogen) atoms. The SMILES string of the molecule is [CH2]c1cc(-c2cc[c]c(OC)c2OC)ccc1Cl. The molecule has 0 N–H and O–H groups in total. The number of benzene rings is 2. The van der Waals surface area contributed by atoms with Gasteiger partial charge in [-0.2, -0.15) is 0 Å². The van der Waals surface area contributed by atoms with E-state index in [1.807, 2.05) is 24.3 Å². The van der Waals surface area contributed by atoms with E-state index in [4.69, 9.17) is 21.1 Å². The summed E-state index contributed by atoms with van der Waals surface area (Å²) >= 11 is 5.98. The van der Waals surface area contributed by atoms with E-state index in [1.165, 1.54) is 0 Å². The minimum Gasteiger partial charge on any atom is -0.492 e. The van der Waals surface area contributed by atoms with Crippen LogP contribution in [0.1, 0.15) is 5.56 Å². The van der Waals surface area contributed by atoms with Crippen molar-refractivity contribution in [3.8, 4) is 22.6 Å². The van der Waals surface area contributed by atoms with Crippen LogP contribution in [0.5, 0.6) is 11.5 Å². The van der Waals surface area contributed by atoms with E-state index in [1.54, 1.807) is 20.3 Å². The molecule has 0 spiro atoms. The molecule has 2 rings (SSSR count). The summed E-state index contributed by atoms with van der Waals surface area (Å²) in [5.74, 6) is 1.23. The molecule has 0 amide bonds. The van der Waals surface area contributed by atoms with Gasteiger partial charge < -0.3 is 9.47 Å². The summed E-state index contributed by atoms with van der Waals surface area (Å²) in [7, 11) is 3.20. The normalized spacial score (nSPS) is 10.2. The molecule has 0 aliphatic carbocycles. The lowest BCUT2D eigenvalue weighted by molar-refractivity contribution is 0.355. The maximum absolute atomic E-state index is 5.98. The minimum absolute atomic E-state index is 0.579. The Balaban J connectivity index is 2.59. The highest BCUT2D eigenvalue weighted by atomic mass is 35.5. The van der Waals surface area contributed by atoms with Crippen LogP contribution in [0.3, 0.4) is 0 Å². The minimum atomic E-state index is 0.579. The molecule has 0 fully saturated rings. The zero-order valence-electron chi connectivity index (χ0n) is 10.3. The third-order valence-electron chi connectivity index (χ3n) is 2.68. The third kappa shape index (κ3) is 2.29. The lowest BCUT2D eigenvalue weighted by Crippen LogP contribution is -1.93. The number of halogens is 1. The van der Waals surface area contributed by atoms with Gasteiger partial charge in [0.1, 0.15) is 0 Å². The summed E-state index contributed by atoms with van der Waals surface area (Å²) < 4.78 is 10.6. The van der Waals surface area contributed by atoms with E-state index in [2.05, 4.69) is 13.0 Å². The summed E-state index contributed by atoms with van der Waals surface area (Å²) in [4.78, 5) is 0. The Labute approximate surface area is 112 Å². The van der Waals surface area contributed by atoms with Crippen LogP contribution in [-0.4, -0.2) is 14.2 Å². The molecule has 3 heteroatoms. The van der Waals surface area contributed by atoms with Crippen LogP contribution in [0.25, 0.3) is 11.1 Å². The van der Waals surface area contributed by atoms with Crippen molar-refractivity contribution in [2.45, 2.75) is 0 Å². The molecule has 0 saturated carbocycles. The molecule has 0 saturated heterocycles. The molecular formula is C15H13ClO2. The molecule has 0 atom stereocenters. The van der Waals surface area contributed by atoms with E-state index >= 15 is 0 Å². The smallest absolute Gasteiger partial charge is 0.169 e. The third-order valence-corrected chi connectivity index (χ3v) is 3.05. The second-order valence-corrected chi connectivity index (χ2v) is 4.17. The van der Waals surface area contributed by atoms with Crippen molar-refractivity contribution in [3.63, 3.8) is 0 Å². The van der Waals surface area contributed by atoms with Crippen LogP contribution < -0.4 is 9.47 Å². The molecule has 2 aromatic carbocycles. The fourth-order valence-corrected chi connectivity index (χ4v) is 1.91. The molecule has 0 aliphatic rings. The van der Waals surface area contributed by atoms with E-state index in [9.17, 15) is 0 Å².